The van der Waals surface area contributed by atoms with Crippen LogP contribution in [0.25, 0.3) is 0 Å². The van der Waals surface area contributed by atoms with Crippen molar-refractivity contribution in [1.29, 1.82) is 0 Å². The zero-order chi connectivity index (χ0) is 14.5. The summed E-state index contributed by atoms with van der Waals surface area (Å²) in [6.45, 7) is 5.85. The third-order valence-corrected chi connectivity index (χ3v) is 3.62. The molecule has 5 nitrogen and oxygen atoms in total. The smallest absolute Gasteiger partial charge is 0.407 e. The maximum absolute atomic E-state index is 11.8. The van der Waals surface area contributed by atoms with E-state index in [1.165, 1.54) is 0 Å². The van der Waals surface area contributed by atoms with Crippen LogP contribution in [0.4, 0.5) is 4.79 Å². The molecule has 0 unspecified atom stereocenters. The summed E-state index contributed by atoms with van der Waals surface area (Å²) < 4.78 is 5.39. The average molecular weight is 271 g/mol. The number of alkyl carbamates (subject to hydrolysis) is 1. The summed E-state index contributed by atoms with van der Waals surface area (Å²) in [7, 11) is 0. The Labute approximate surface area is 114 Å². The molecule has 19 heavy (non-hydrogen) atoms. The zero-order valence-electron chi connectivity index (χ0n) is 12.1. The van der Waals surface area contributed by atoms with Gasteiger partial charge >= 0.3 is 12.1 Å². The summed E-state index contributed by atoms with van der Waals surface area (Å²) in [5, 5.41) is 11.7. The molecule has 0 aromatic heterocycles. The number of nitrogens with one attached hydrogen (secondary N) is 1. The molecule has 0 aliphatic heterocycles. The Kier molecular flexibility index (Phi) is 5.63. The normalized spacial score (nSPS) is 23.7. The molecule has 0 bridgehead atoms. The lowest BCUT2D eigenvalue weighted by Crippen LogP contribution is -2.42. The van der Waals surface area contributed by atoms with Gasteiger partial charge in [0, 0.05) is 6.04 Å². The number of hydrogen-bond donors (Lipinski definition) is 2. The maximum atomic E-state index is 11.8. The van der Waals surface area contributed by atoms with Crippen molar-refractivity contribution in [3.63, 3.8) is 0 Å². The van der Waals surface area contributed by atoms with Gasteiger partial charge in [0.05, 0.1) is 5.92 Å². The minimum atomic E-state index is -0.731. The Balaban J connectivity index is 2.33. The molecule has 2 N–H and O–H groups in total. The standard InChI is InChI=1S/C14H25NO4/c1-4-9-14(2,3)19-13(18)15-11-7-5-10(6-8-11)12(16)17/h10-11H,4-9H2,1-3H3,(H,15,18)(H,16,17). The molecule has 5 heteroatoms. The Morgan fingerprint density at radius 2 is 1.84 bits per heavy atom. The largest absolute Gasteiger partial charge is 0.481 e. The van der Waals surface area contributed by atoms with Gasteiger partial charge in [0.25, 0.3) is 0 Å². The third kappa shape index (κ3) is 5.49. The molecule has 1 aliphatic rings. The average Bonchev–Trinajstić information content (AvgIpc) is 2.28. The number of carboxylic acid groups (broad SMARTS) is 1. The Morgan fingerprint density at radius 3 is 2.32 bits per heavy atom. The van der Waals surface area contributed by atoms with Gasteiger partial charge in [-0.25, -0.2) is 4.79 Å². The Bertz CT molecular complexity index is 319. The lowest BCUT2D eigenvalue weighted by Gasteiger charge is -2.29. The Hall–Kier alpha value is -1.26. The molecule has 110 valence electrons. The first-order chi connectivity index (χ1) is 8.84. The van der Waals surface area contributed by atoms with E-state index in [1.807, 2.05) is 13.8 Å². The van der Waals surface area contributed by atoms with Crippen LogP contribution >= 0.6 is 0 Å². The van der Waals surface area contributed by atoms with Crippen LogP contribution in [0, 0.1) is 5.92 Å². The highest BCUT2D eigenvalue weighted by molar-refractivity contribution is 5.70. The van der Waals surface area contributed by atoms with Crippen LogP contribution in [0.3, 0.4) is 0 Å². The lowest BCUT2D eigenvalue weighted by atomic mass is 9.86. The fraction of sp³-hybridized carbons (Fsp3) is 0.857. The van der Waals surface area contributed by atoms with Crippen LogP contribution in [0.1, 0.15) is 59.3 Å². The van der Waals surface area contributed by atoms with Crippen LogP contribution in [0.5, 0.6) is 0 Å². The highest BCUT2D eigenvalue weighted by atomic mass is 16.6. The maximum Gasteiger partial charge on any atom is 0.407 e. The minimum Gasteiger partial charge on any atom is -0.481 e. The minimum absolute atomic E-state index is 0.0422. The second-order valence-corrected chi connectivity index (χ2v) is 5.93. The van der Waals surface area contributed by atoms with Gasteiger partial charge in [0.2, 0.25) is 0 Å². The van der Waals surface area contributed by atoms with Gasteiger partial charge < -0.3 is 15.2 Å². The van der Waals surface area contributed by atoms with Crippen LogP contribution in [0.2, 0.25) is 0 Å². The molecule has 0 spiro atoms. The van der Waals surface area contributed by atoms with Crippen molar-refractivity contribution in [2.45, 2.75) is 70.9 Å². The van der Waals surface area contributed by atoms with Crippen LogP contribution < -0.4 is 5.32 Å². The van der Waals surface area contributed by atoms with Gasteiger partial charge in [-0.2, -0.15) is 0 Å². The Morgan fingerprint density at radius 1 is 1.26 bits per heavy atom. The molecule has 0 radical (unpaired) electrons. The van der Waals surface area contributed by atoms with E-state index in [1.54, 1.807) is 0 Å². The van der Waals surface area contributed by atoms with E-state index >= 15 is 0 Å². The fourth-order valence-corrected chi connectivity index (χ4v) is 2.58. The van der Waals surface area contributed by atoms with Gasteiger partial charge in [0.1, 0.15) is 5.60 Å². The summed E-state index contributed by atoms with van der Waals surface area (Å²) in [5.41, 5.74) is -0.447. The van der Waals surface area contributed by atoms with Gasteiger partial charge in [0.15, 0.2) is 0 Å². The first-order valence-electron chi connectivity index (χ1n) is 7.06. The second kappa shape index (κ2) is 6.78. The van der Waals surface area contributed by atoms with Crippen LogP contribution in [-0.4, -0.2) is 28.8 Å². The summed E-state index contributed by atoms with van der Waals surface area (Å²) in [4.78, 5) is 22.6. The number of rotatable bonds is 5. The summed E-state index contributed by atoms with van der Waals surface area (Å²) >= 11 is 0. The first kappa shape index (κ1) is 15.8. The second-order valence-electron chi connectivity index (χ2n) is 5.93. The predicted molar refractivity (Wildman–Crippen MR) is 72.0 cm³/mol. The molecule has 1 amide bonds. The number of amides is 1. The molecule has 1 rings (SSSR count). The van der Waals surface area contributed by atoms with Gasteiger partial charge in [-0.05, 0) is 46.0 Å². The molecule has 0 atom stereocenters. The zero-order valence-corrected chi connectivity index (χ0v) is 12.1. The van der Waals surface area contributed by atoms with Crippen LogP contribution in [-0.2, 0) is 9.53 Å². The molecule has 0 heterocycles. The van der Waals surface area contributed by atoms with Crippen LogP contribution in [0.15, 0.2) is 0 Å². The van der Waals surface area contributed by atoms with E-state index < -0.39 is 17.7 Å². The SMILES string of the molecule is CCCC(C)(C)OC(=O)NC1CCC(C(=O)O)CC1. The summed E-state index contributed by atoms with van der Waals surface area (Å²) in [6, 6.07) is 0.0422. The number of carbonyl (C=O) groups excluding carboxylic acids is 1. The number of carbonyl (C=O) groups is 2. The van der Waals surface area contributed by atoms with Crippen molar-refractivity contribution < 1.29 is 19.4 Å². The molecular formula is C14H25NO4. The number of ether oxygens (including phenoxy) is 1. The van der Waals surface area contributed by atoms with Gasteiger partial charge in [-0.3, -0.25) is 4.79 Å². The first-order valence-corrected chi connectivity index (χ1v) is 7.06. The van der Waals surface area contributed by atoms with Gasteiger partial charge in [-0.1, -0.05) is 13.3 Å². The highest BCUT2D eigenvalue weighted by Crippen LogP contribution is 2.25. The molecule has 0 aromatic rings. The molecule has 1 aliphatic carbocycles. The van der Waals surface area contributed by atoms with E-state index in [0.717, 1.165) is 12.8 Å². The van der Waals surface area contributed by atoms with Crippen molar-refractivity contribution in [2.75, 3.05) is 0 Å². The van der Waals surface area contributed by atoms with E-state index in [0.29, 0.717) is 25.7 Å². The van der Waals surface area contributed by atoms with Crippen molar-refractivity contribution in [1.82, 2.24) is 5.32 Å². The number of hydrogen-bond acceptors (Lipinski definition) is 3. The molecule has 1 saturated carbocycles. The summed E-state index contributed by atoms with van der Waals surface area (Å²) in [5.74, 6) is -0.990. The van der Waals surface area contributed by atoms with E-state index in [9.17, 15) is 9.59 Å². The van der Waals surface area contributed by atoms with Gasteiger partial charge in [-0.15, -0.1) is 0 Å². The lowest BCUT2D eigenvalue weighted by molar-refractivity contribution is -0.142. The highest BCUT2D eigenvalue weighted by Gasteiger charge is 2.28. The fourth-order valence-electron chi connectivity index (χ4n) is 2.58. The summed E-state index contributed by atoms with van der Waals surface area (Å²) in [6.07, 6.45) is 4.06. The van der Waals surface area contributed by atoms with Crippen molar-refractivity contribution in [2.24, 2.45) is 5.92 Å². The molecular weight excluding hydrogens is 246 g/mol. The quantitative estimate of drug-likeness (QED) is 0.806. The molecule has 0 aromatic carbocycles. The van der Waals surface area contributed by atoms with Crippen molar-refractivity contribution >= 4 is 12.1 Å². The molecule has 0 saturated heterocycles. The third-order valence-electron chi connectivity index (χ3n) is 3.62. The topological polar surface area (TPSA) is 75.6 Å². The number of carboxylic acids is 1. The monoisotopic (exact) mass is 271 g/mol. The van der Waals surface area contributed by atoms with Crippen molar-refractivity contribution in [3.8, 4) is 0 Å². The van der Waals surface area contributed by atoms with E-state index in [2.05, 4.69) is 12.2 Å². The van der Waals surface area contributed by atoms with E-state index in [4.69, 9.17) is 9.84 Å². The van der Waals surface area contributed by atoms with Crippen molar-refractivity contribution in [3.05, 3.63) is 0 Å². The predicted octanol–water partition coefficient (Wildman–Crippen LogP) is 2.93. The molecule has 1 fully saturated rings. The van der Waals surface area contributed by atoms with E-state index in [-0.39, 0.29) is 12.0 Å². The number of aliphatic carboxylic acids is 1.